The van der Waals surface area contributed by atoms with Crippen molar-refractivity contribution in [3.05, 3.63) is 90.3 Å². The van der Waals surface area contributed by atoms with Gasteiger partial charge in [-0.2, -0.15) is 10.4 Å². The highest BCUT2D eigenvalue weighted by Gasteiger charge is 2.06. The molecule has 0 amide bonds. The van der Waals surface area contributed by atoms with Gasteiger partial charge in [0.1, 0.15) is 6.72 Å². The molecule has 1 aromatic heterocycles. The summed E-state index contributed by atoms with van der Waals surface area (Å²) >= 11 is 0. The maximum Gasteiger partial charge on any atom is 0.217 e. The molecule has 2 nitrogen and oxygen atoms in total. The molecular weight excluding hydrogens is 232 g/mol. The molecular formula is C17H14N2. The Labute approximate surface area is 112 Å². The lowest BCUT2D eigenvalue weighted by atomic mass is 10.1. The van der Waals surface area contributed by atoms with Gasteiger partial charge in [-0.25, -0.2) is 0 Å². The molecule has 0 unspecified atom stereocenters. The first kappa shape index (κ1) is 11.5. The van der Waals surface area contributed by atoms with Crippen LogP contribution in [0.1, 0.15) is 0 Å². The lowest BCUT2D eigenvalue weighted by Gasteiger charge is -2.17. The molecule has 0 atom stereocenters. The van der Waals surface area contributed by atoms with E-state index >= 15 is 0 Å². The van der Waals surface area contributed by atoms with Crippen LogP contribution >= 0.6 is 0 Å². The molecule has 1 aliphatic rings. The molecule has 92 valence electrons. The van der Waals surface area contributed by atoms with Gasteiger partial charge < -0.3 is 5.32 Å². The lowest BCUT2D eigenvalue weighted by Crippen LogP contribution is -2.38. The van der Waals surface area contributed by atoms with Crippen LogP contribution in [0.25, 0.3) is 22.3 Å². The van der Waals surface area contributed by atoms with Crippen LogP contribution in [0.4, 0.5) is 0 Å². The van der Waals surface area contributed by atoms with Crippen LogP contribution in [0.5, 0.6) is 0 Å². The number of rotatable bonds is 1. The highest BCUT2D eigenvalue weighted by molar-refractivity contribution is 5.69. The minimum atomic E-state index is 0.926. The van der Waals surface area contributed by atoms with Crippen molar-refractivity contribution >= 4 is 5.70 Å². The maximum atomic E-state index is 4.38. The van der Waals surface area contributed by atoms with E-state index in [1.807, 2.05) is 52.8 Å². The van der Waals surface area contributed by atoms with E-state index in [2.05, 4.69) is 30.2 Å². The highest BCUT2D eigenvalue weighted by atomic mass is 14.9. The maximum absolute atomic E-state index is 4.38. The monoisotopic (exact) mass is 246 g/mol. The van der Waals surface area contributed by atoms with Crippen molar-refractivity contribution in [3.63, 3.8) is 0 Å². The number of nitrogens with zero attached hydrogens (tertiary/aromatic N) is 2. The number of hydrogen-bond donors (Lipinski definition) is 0. The van der Waals surface area contributed by atoms with Gasteiger partial charge in [-0.05, 0) is 18.2 Å². The molecule has 1 aliphatic heterocycles. The predicted octanol–water partition coefficient (Wildman–Crippen LogP) is 2.85. The summed E-state index contributed by atoms with van der Waals surface area (Å²) < 4.78 is 1.93. The van der Waals surface area contributed by atoms with Crippen molar-refractivity contribution in [1.82, 2.24) is 0 Å². The van der Waals surface area contributed by atoms with Crippen molar-refractivity contribution in [2.24, 2.45) is 0 Å². The van der Waals surface area contributed by atoms with E-state index in [0.717, 1.165) is 22.3 Å². The molecule has 0 spiro atoms. The van der Waals surface area contributed by atoms with Crippen LogP contribution in [0.2, 0.25) is 0 Å². The molecule has 0 bridgehead atoms. The molecule has 2 aromatic rings. The van der Waals surface area contributed by atoms with E-state index in [1.165, 1.54) is 0 Å². The summed E-state index contributed by atoms with van der Waals surface area (Å²) in [6.45, 7) is 4.15. The summed E-state index contributed by atoms with van der Waals surface area (Å²) in [5.41, 5.74) is 3.15. The van der Waals surface area contributed by atoms with Crippen LogP contribution in [0, 0.1) is 6.72 Å². The van der Waals surface area contributed by atoms with Crippen LogP contribution in [-0.4, -0.2) is 0 Å². The molecule has 0 N–H and O–H groups in total. The van der Waals surface area contributed by atoms with Crippen LogP contribution in [0.3, 0.4) is 0 Å². The Hall–Kier alpha value is -2.61. The zero-order chi connectivity index (χ0) is 13.1. The first-order valence-electron chi connectivity index (χ1n) is 6.19. The quantitative estimate of drug-likeness (QED) is 0.690. The molecule has 0 saturated carbocycles. The molecule has 0 radical (unpaired) electrons. The Morgan fingerprint density at radius 2 is 1.74 bits per heavy atom. The highest BCUT2D eigenvalue weighted by Crippen LogP contribution is 2.14. The second-order valence-corrected chi connectivity index (χ2v) is 4.31. The standard InChI is InChI=1S/C17H14N2/c1-19-16(14-8-3-2-4-9-14)11-7-12-17(19)15-10-5-6-13-18-15/h2-13H,1H2. The molecule has 2 heteroatoms. The van der Waals surface area contributed by atoms with Gasteiger partial charge >= 0.3 is 0 Å². The molecule has 0 saturated heterocycles. The van der Waals surface area contributed by atoms with Crippen LogP contribution in [-0.2, 0) is 0 Å². The Morgan fingerprint density at radius 1 is 0.895 bits per heavy atom. The summed E-state index contributed by atoms with van der Waals surface area (Å²) in [6.07, 6.45) is 7.69. The number of aromatic nitrogens is 1. The second kappa shape index (κ2) is 4.94. The average Bonchev–Trinajstić information content (AvgIpc) is 2.49. The van der Waals surface area contributed by atoms with Gasteiger partial charge in [-0.3, -0.25) is 0 Å². The van der Waals surface area contributed by atoms with Gasteiger partial charge in [0.2, 0.25) is 5.69 Å². The zero-order valence-corrected chi connectivity index (χ0v) is 10.5. The molecule has 0 aliphatic carbocycles. The van der Waals surface area contributed by atoms with E-state index in [0.29, 0.717) is 0 Å². The second-order valence-electron chi connectivity index (χ2n) is 4.31. The van der Waals surface area contributed by atoms with Gasteiger partial charge in [0.05, 0.1) is 0 Å². The first-order chi connectivity index (χ1) is 9.36. The zero-order valence-electron chi connectivity index (χ0n) is 10.5. The van der Waals surface area contributed by atoms with Crippen LogP contribution in [0.15, 0.2) is 73.0 Å². The Bertz CT molecular complexity index is 756. The SMILES string of the molecule is C=[n+]1c(-c2ccccc2)cccc1=C1C=CC=C[N-]1. The number of allylic oxidation sites excluding steroid dienone is 2. The summed E-state index contributed by atoms with van der Waals surface area (Å²) in [5, 5.41) is 5.39. The van der Waals surface area contributed by atoms with Crippen LogP contribution < -0.4 is 9.59 Å². The van der Waals surface area contributed by atoms with Crippen molar-refractivity contribution in [1.29, 1.82) is 0 Å². The minimum absolute atomic E-state index is 0.926. The summed E-state index contributed by atoms with van der Waals surface area (Å²) in [4.78, 5) is 0. The van der Waals surface area contributed by atoms with Gasteiger partial charge in [-0.15, -0.1) is 0 Å². The smallest absolute Gasteiger partial charge is 0.217 e. The van der Waals surface area contributed by atoms with Crippen molar-refractivity contribution in [2.75, 3.05) is 0 Å². The fourth-order valence-electron chi connectivity index (χ4n) is 2.14. The first-order valence-corrected chi connectivity index (χ1v) is 6.19. The molecule has 2 heterocycles. The molecule has 19 heavy (non-hydrogen) atoms. The van der Waals surface area contributed by atoms with Gasteiger partial charge in [-0.1, -0.05) is 42.1 Å². The van der Waals surface area contributed by atoms with Gasteiger partial charge in [0.25, 0.3) is 0 Å². The van der Waals surface area contributed by atoms with E-state index in [9.17, 15) is 0 Å². The average molecular weight is 246 g/mol. The van der Waals surface area contributed by atoms with E-state index in [-0.39, 0.29) is 0 Å². The van der Waals surface area contributed by atoms with E-state index < -0.39 is 0 Å². The van der Waals surface area contributed by atoms with Crippen molar-refractivity contribution in [3.8, 4) is 11.3 Å². The third-order valence-electron chi connectivity index (χ3n) is 3.09. The fraction of sp³-hybridized carbons (Fsp3) is 0. The number of benzene rings is 1. The third kappa shape index (κ3) is 2.20. The Balaban J connectivity index is 2.24. The largest absolute Gasteiger partial charge is 0.659 e. The van der Waals surface area contributed by atoms with Gasteiger partial charge in [0.15, 0.2) is 5.35 Å². The third-order valence-corrected chi connectivity index (χ3v) is 3.09. The Kier molecular flexibility index (Phi) is 2.99. The summed E-state index contributed by atoms with van der Waals surface area (Å²) in [6, 6.07) is 16.4. The normalized spacial score (nSPS) is 16.2. The predicted molar refractivity (Wildman–Crippen MR) is 77.5 cm³/mol. The number of pyridine rings is 1. The molecule has 3 rings (SSSR count). The topological polar surface area (TPSA) is 20.0 Å². The van der Waals surface area contributed by atoms with E-state index in [1.54, 1.807) is 6.20 Å². The van der Waals surface area contributed by atoms with Crippen molar-refractivity contribution in [2.45, 2.75) is 0 Å². The van der Waals surface area contributed by atoms with Gasteiger partial charge in [0, 0.05) is 17.7 Å². The Morgan fingerprint density at radius 3 is 2.47 bits per heavy atom. The lowest BCUT2D eigenvalue weighted by molar-refractivity contribution is -0.501. The number of hydrogen-bond acceptors (Lipinski definition) is 0. The molecule has 1 aromatic carbocycles. The molecule has 0 fully saturated rings. The fourth-order valence-corrected chi connectivity index (χ4v) is 2.14. The summed E-state index contributed by atoms with van der Waals surface area (Å²) in [5.74, 6) is 0. The summed E-state index contributed by atoms with van der Waals surface area (Å²) in [7, 11) is 0. The van der Waals surface area contributed by atoms with Crippen molar-refractivity contribution < 1.29 is 4.24 Å². The van der Waals surface area contributed by atoms with E-state index in [4.69, 9.17) is 0 Å². The minimum Gasteiger partial charge on any atom is -0.659 e.